The zero-order valence-corrected chi connectivity index (χ0v) is 20.9. The van der Waals surface area contributed by atoms with Crippen LogP contribution in [-0.4, -0.2) is 51.3 Å². The van der Waals surface area contributed by atoms with E-state index in [9.17, 15) is 9.59 Å². The molecule has 2 aromatic heterocycles. The second-order valence-electron chi connectivity index (χ2n) is 8.30. The van der Waals surface area contributed by atoms with E-state index in [4.69, 9.17) is 0 Å². The van der Waals surface area contributed by atoms with Gasteiger partial charge in [0, 0.05) is 19.1 Å². The maximum absolute atomic E-state index is 12.3. The average Bonchev–Trinajstić information content (AvgIpc) is 3.62. The van der Waals surface area contributed by atoms with Gasteiger partial charge in [0.05, 0.1) is 12.8 Å². The molecule has 1 saturated heterocycles. The Balaban J connectivity index is 1.09. The molecule has 3 heterocycles. The van der Waals surface area contributed by atoms with Crippen molar-refractivity contribution in [2.75, 3.05) is 33.9 Å². The molecule has 2 amide bonds. The molecule has 10 nitrogen and oxygen atoms in total. The summed E-state index contributed by atoms with van der Waals surface area (Å²) in [6, 6.07) is 19.3. The first-order chi connectivity index (χ1) is 17.6. The van der Waals surface area contributed by atoms with Crippen molar-refractivity contribution in [3.8, 4) is 0 Å². The van der Waals surface area contributed by atoms with E-state index < -0.39 is 0 Å². The minimum atomic E-state index is -0.126. The van der Waals surface area contributed by atoms with Crippen LogP contribution in [0.2, 0.25) is 0 Å². The molecular weight excluding hydrogens is 496 g/mol. The van der Waals surface area contributed by atoms with E-state index in [1.165, 1.54) is 22.7 Å². The summed E-state index contributed by atoms with van der Waals surface area (Å²) >= 11 is 2.67. The third-order valence-corrected chi connectivity index (χ3v) is 7.20. The van der Waals surface area contributed by atoms with E-state index in [1.54, 1.807) is 0 Å². The summed E-state index contributed by atoms with van der Waals surface area (Å²) in [5.74, 6) is -0.244. The first-order valence-corrected chi connectivity index (χ1v) is 13.1. The monoisotopic (exact) mass is 520 g/mol. The molecule has 12 heteroatoms. The third kappa shape index (κ3) is 6.40. The lowest BCUT2D eigenvalue weighted by Crippen LogP contribution is -2.25. The highest BCUT2D eigenvalue weighted by Gasteiger charge is 2.26. The third-order valence-electron chi connectivity index (χ3n) is 5.53. The van der Waals surface area contributed by atoms with Crippen molar-refractivity contribution in [1.29, 1.82) is 0 Å². The van der Waals surface area contributed by atoms with Crippen molar-refractivity contribution < 1.29 is 9.59 Å². The average molecular weight is 521 g/mol. The predicted octanol–water partition coefficient (Wildman–Crippen LogP) is 3.44. The molecule has 0 bridgehead atoms. The van der Waals surface area contributed by atoms with Crippen LogP contribution in [0.25, 0.3) is 0 Å². The van der Waals surface area contributed by atoms with Gasteiger partial charge in [-0.3, -0.25) is 9.59 Å². The number of rotatable bonds is 9. The van der Waals surface area contributed by atoms with Gasteiger partial charge in [0.25, 0.3) is 0 Å². The number of carbonyl (C=O) groups is 2. The van der Waals surface area contributed by atoms with Gasteiger partial charge in [-0.25, -0.2) is 0 Å². The maximum atomic E-state index is 12.3. The van der Waals surface area contributed by atoms with Gasteiger partial charge >= 0.3 is 0 Å². The number of hydrogen-bond donors (Lipinski definition) is 3. The fraction of sp³-hybridized carbons (Fsp3) is 0.250. The highest BCUT2D eigenvalue weighted by atomic mass is 32.1. The van der Waals surface area contributed by atoms with Crippen molar-refractivity contribution in [2.24, 2.45) is 0 Å². The Hall–Kier alpha value is -3.90. The molecule has 2 aromatic carbocycles. The number of benzene rings is 2. The lowest BCUT2D eigenvalue weighted by Gasteiger charge is -2.14. The Bertz CT molecular complexity index is 1310. The number of nitrogens with zero attached hydrogens (tertiary/aromatic N) is 5. The zero-order chi connectivity index (χ0) is 24.7. The van der Waals surface area contributed by atoms with Crippen LogP contribution in [0.1, 0.15) is 17.5 Å². The smallest absolute Gasteiger partial charge is 0.230 e. The van der Waals surface area contributed by atoms with E-state index in [2.05, 4.69) is 41.2 Å². The number of hydrogen-bond acceptors (Lipinski definition) is 10. The molecule has 1 aliphatic rings. The Kier molecular flexibility index (Phi) is 7.43. The molecule has 3 N–H and O–H groups in total. The summed E-state index contributed by atoms with van der Waals surface area (Å²) < 4.78 is 0. The number of amides is 2. The van der Waals surface area contributed by atoms with E-state index in [-0.39, 0.29) is 24.3 Å². The lowest BCUT2D eigenvalue weighted by atomic mass is 10.1. The number of aromatic nitrogens is 4. The molecule has 0 unspecified atom stereocenters. The minimum absolute atomic E-state index is 0.118. The van der Waals surface area contributed by atoms with E-state index in [0.29, 0.717) is 21.8 Å². The molecule has 1 aliphatic heterocycles. The standard InChI is InChI=1S/C24H24N8O2S2/c33-19(13-16-7-3-1-4-8-16)26-22-29-28-21(35-22)25-18-11-12-32(15-18)24-31-30-23(36-24)27-20(34)14-17-9-5-2-6-10-17/h1-10,18H,11-15H2,(H,25,28)(H,26,29,33)(H,27,30,34)/t18-/m0/s1. The summed E-state index contributed by atoms with van der Waals surface area (Å²) in [7, 11) is 0. The fourth-order valence-electron chi connectivity index (χ4n) is 3.84. The highest BCUT2D eigenvalue weighted by molar-refractivity contribution is 7.19. The van der Waals surface area contributed by atoms with Crippen LogP contribution in [0.5, 0.6) is 0 Å². The number of nitrogens with one attached hydrogen (secondary N) is 3. The van der Waals surface area contributed by atoms with Gasteiger partial charge in [-0.2, -0.15) is 0 Å². The van der Waals surface area contributed by atoms with Crippen LogP contribution >= 0.6 is 22.7 Å². The quantitative estimate of drug-likeness (QED) is 0.307. The van der Waals surface area contributed by atoms with Gasteiger partial charge in [-0.15, -0.1) is 20.4 Å². The summed E-state index contributed by atoms with van der Waals surface area (Å²) in [5.41, 5.74) is 1.89. The van der Waals surface area contributed by atoms with Gasteiger partial charge in [-0.1, -0.05) is 83.3 Å². The Morgan fingerprint density at radius 1 is 0.778 bits per heavy atom. The molecule has 4 aromatic rings. The molecule has 5 rings (SSSR count). The minimum Gasteiger partial charge on any atom is -0.355 e. The van der Waals surface area contributed by atoms with Crippen LogP contribution in [0.3, 0.4) is 0 Å². The summed E-state index contributed by atoms with van der Waals surface area (Å²) in [6.07, 6.45) is 1.48. The van der Waals surface area contributed by atoms with Gasteiger partial charge in [-0.05, 0) is 17.5 Å². The van der Waals surface area contributed by atoms with E-state index >= 15 is 0 Å². The van der Waals surface area contributed by atoms with Crippen LogP contribution in [0.15, 0.2) is 60.7 Å². The molecule has 36 heavy (non-hydrogen) atoms. The second kappa shape index (κ2) is 11.2. The topological polar surface area (TPSA) is 125 Å². The van der Waals surface area contributed by atoms with Crippen LogP contribution in [0, 0.1) is 0 Å². The fourth-order valence-corrected chi connectivity index (χ4v) is 5.37. The lowest BCUT2D eigenvalue weighted by molar-refractivity contribution is -0.116. The maximum Gasteiger partial charge on any atom is 0.230 e. The Morgan fingerprint density at radius 3 is 1.97 bits per heavy atom. The molecular formula is C24H24N8O2S2. The summed E-state index contributed by atoms with van der Waals surface area (Å²) in [4.78, 5) is 26.7. The van der Waals surface area contributed by atoms with Gasteiger partial charge in [0.15, 0.2) is 0 Å². The molecule has 0 spiro atoms. The van der Waals surface area contributed by atoms with Gasteiger partial charge in [0.2, 0.25) is 32.3 Å². The van der Waals surface area contributed by atoms with E-state index in [0.717, 1.165) is 35.8 Å². The first-order valence-electron chi connectivity index (χ1n) is 11.5. The molecule has 0 saturated carbocycles. The van der Waals surface area contributed by atoms with E-state index in [1.807, 2.05) is 60.7 Å². The largest absolute Gasteiger partial charge is 0.355 e. The number of anilines is 4. The zero-order valence-electron chi connectivity index (χ0n) is 19.3. The van der Waals surface area contributed by atoms with Gasteiger partial charge < -0.3 is 20.9 Å². The van der Waals surface area contributed by atoms with Crippen LogP contribution in [-0.2, 0) is 22.4 Å². The highest BCUT2D eigenvalue weighted by Crippen LogP contribution is 2.29. The molecule has 1 atom stereocenters. The summed E-state index contributed by atoms with van der Waals surface area (Å²) in [5, 5.41) is 28.0. The van der Waals surface area contributed by atoms with Crippen molar-refractivity contribution in [2.45, 2.75) is 25.3 Å². The number of carbonyl (C=O) groups excluding carboxylic acids is 2. The summed E-state index contributed by atoms with van der Waals surface area (Å²) in [6.45, 7) is 1.53. The first kappa shape index (κ1) is 23.8. The van der Waals surface area contributed by atoms with Crippen molar-refractivity contribution in [1.82, 2.24) is 20.4 Å². The van der Waals surface area contributed by atoms with Crippen molar-refractivity contribution in [3.63, 3.8) is 0 Å². The molecule has 1 fully saturated rings. The van der Waals surface area contributed by atoms with Crippen molar-refractivity contribution in [3.05, 3.63) is 71.8 Å². The molecule has 0 aliphatic carbocycles. The second-order valence-corrected chi connectivity index (χ2v) is 10.2. The Morgan fingerprint density at radius 2 is 1.33 bits per heavy atom. The molecule has 0 radical (unpaired) electrons. The SMILES string of the molecule is O=C(Cc1ccccc1)Nc1nnc(N[C@H]2CCN(c3nnc(NC(=O)Cc4ccccc4)s3)C2)s1. The molecule has 184 valence electrons. The normalized spacial score (nSPS) is 15.0. The van der Waals surface area contributed by atoms with Crippen LogP contribution < -0.4 is 20.9 Å². The predicted molar refractivity (Wildman–Crippen MR) is 142 cm³/mol. The van der Waals surface area contributed by atoms with Crippen LogP contribution in [0.4, 0.5) is 20.5 Å². The Labute approximate surface area is 215 Å². The van der Waals surface area contributed by atoms with Gasteiger partial charge in [0.1, 0.15) is 0 Å². The van der Waals surface area contributed by atoms with Crippen molar-refractivity contribution >= 4 is 55.0 Å².